The molecule has 2 N–H and O–H groups in total. The summed E-state index contributed by atoms with van der Waals surface area (Å²) in [6.45, 7) is 3.85. The van der Waals surface area contributed by atoms with Gasteiger partial charge in [-0.25, -0.2) is 0 Å². The lowest BCUT2D eigenvalue weighted by Gasteiger charge is -2.29. The van der Waals surface area contributed by atoms with E-state index in [1.807, 2.05) is 24.4 Å². The fourth-order valence-corrected chi connectivity index (χ4v) is 4.99. The molecule has 2 aromatic heterocycles. The maximum atomic E-state index is 5.85. The van der Waals surface area contributed by atoms with Gasteiger partial charge in [0.05, 0.1) is 17.8 Å². The Balaban J connectivity index is 1.43. The second-order valence-electron chi connectivity index (χ2n) is 8.61. The zero-order valence-electron chi connectivity index (χ0n) is 19.3. The van der Waals surface area contributed by atoms with Crippen LogP contribution >= 0.6 is 12.2 Å². The Morgan fingerprint density at radius 1 is 0.971 bits per heavy atom. The van der Waals surface area contributed by atoms with Crippen LogP contribution in [0.4, 0.5) is 5.69 Å². The van der Waals surface area contributed by atoms with Crippen LogP contribution in [0.2, 0.25) is 0 Å². The Bertz CT molecular complexity index is 1240. The van der Waals surface area contributed by atoms with Crippen molar-refractivity contribution in [1.82, 2.24) is 19.8 Å². The molecule has 1 saturated heterocycles. The fraction of sp³-hybridized carbons (Fsp3) is 0.214. The van der Waals surface area contributed by atoms with Crippen molar-refractivity contribution in [1.29, 1.82) is 0 Å². The van der Waals surface area contributed by atoms with E-state index < -0.39 is 0 Å². The SMILES string of the molecule is Cc1cccc(-n2cccc2[C@@H]2[C@@H](c3ccccn3)NC(=S)N2CCCNc2ccccc2)c1. The molecule has 0 unspecified atom stereocenters. The molecule has 6 heteroatoms. The molecule has 2 aromatic carbocycles. The van der Waals surface area contributed by atoms with Gasteiger partial charge in [-0.15, -0.1) is 0 Å². The van der Waals surface area contributed by atoms with Crippen molar-refractivity contribution in [2.45, 2.75) is 25.4 Å². The Morgan fingerprint density at radius 2 is 1.82 bits per heavy atom. The summed E-state index contributed by atoms with van der Waals surface area (Å²) in [4.78, 5) is 6.99. The molecule has 1 aliphatic rings. The van der Waals surface area contributed by atoms with Gasteiger partial charge in [-0.1, -0.05) is 36.4 Å². The van der Waals surface area contributed by atoms with Crippen LogP contribution in [0.15, 0.2) is 97.3 Å². The predicted octanol–water partition coefficient (Wildman–Crippen LogP) is 5.66. The fourth-order valence-electron chi connectivity index (χ4n) is 4.65. The van der Waals surface area contributed by atoms with Crippen LogP contribution in [0.3, 0.4) is 0 Å². The van der Waals surface area contributed by atoms with Gasteiger partial charge in [0.25, 0.3) is 0 Å². The highest BCUT2D eigenvalue weighted by molar-refractivity contribution is 7.80. The molecule has 0 saturated carbocycles. The lowest BCUT2D eigenvalue weighted by Crippen LogP contribution is -2.32. The third-order valence-corrected chi connectivity index (χ3v) is 6.59. The molecule has 34 heavy (non-hydrogen) atoms. The van der Waals surface area contributed by atoms with Crippen LogP contribution in [0.1, 0.15) is 35.5 Å². The molecule has 0 aliphatic carbocycles. The van der Waals surface area contributed by atoms with Gasteiger partial charge in [0.1, 0.15) is 0 Å². The predicted molar refractivity (Wildman–Crippen MR) is 142 cm³/mol. The van der Waals surface area contributed by atoms with Crippen LogP contribution in [0.5, 0.6) is 0 Å². The minimum absolute atomic E-state index is 0.0192. The van der Waals surface area contributed by atoms with Gasteiger partial charge in [-0.3, -0.25) is 4.98 Å². The number of aryl methyl sites for hydroxylation is 1. The molecule has 0 amide bonds. The standard InChI is InChI=1S/C28H29N5S/c1-21-10-7-13-23(20-21)32-18-8-15-25(32)27-26(24-14-5-6-16-30-24)31-28(34)33(27)19-9-17-29-22-11-3-2-4-12-22/h2-8,10-16,18,20,26-27,29H,9,17,19H2,1H3,(H,31,34)/t26-,27-/m1/s1. The zero-order valence-corrected chi connectivity index (χ0v) is 20.1. The topological polar surface area (TPSA) is 45.1 Å². The molecule has 1 fully saturated rings. The number of hydrogen-bond acceptors (Lipinski definition) is 3. The average Bonchev–Trinajstić information content (AvgIpc) is 3.47. The Labute approximate surface area is 206 Å². The first-order valence-corrected chi connectivity index (χ1v) is 12.1. The number of rotatable bonds is 8. The lowest BCUT2D eigenvalue weighted by molar-refractivity contribution is 0.307. The number of anilines is 1. The van der Waals surface area contributed by atoms with E-state index >= 15 is 0 Å². The van der Waals surface area contributed by atoms with Crippen molar-refractivity contribution in [2.24, 2.45) is 0 Å². The lowest BCUT2D eigenvalue weighted by atomic mass is 10.0. The highest BCUT2D eigenvalue weighted by Gasteiger charge is 2.40. The molecule has 5 rings (SSSR count). The summed E-state index contributed by atoms with van der Waals surface area (Å²) < 4.78 is 2.28. The van der Waals surface area contributed by atoms with E-state index in [0.717, 1.165) is 41.7 Å². The van der Waals surface area contributed by atoms with E-state index in [9.17, 15) is 0 Å². The molecule has 4 aromatic rings. The second-order valence-corrected chi connectivity index (χ2v) is 9.00. The van der Waals surface area contributed by atoms with Crippen LogP contribution in [-0.2, 0) is 0 Å². The summed E-state index contributed by atoms with van der Waals surface area (Å²) in [5.74, 6) is 0. The highest BCUT2D eigenvalue weighted by Crippen LogP contribution is 2.39. The first-order chi connectivity index (χ1) is 16.7. The number of pyridine rings is 1. The van der Waals surface area contributed by atoms with Gasteiger partial charge in [-0.05, 0) is 79.7 Å². The maximum absolute atomic E-state index is 5.85. The summed E-state index contributed by atoms with van der Waals surface area (Å²) in [6.07, 6.45) is 4.95. The summed E-state index contributed by atoms with van der Waals surface area (Å²) in [6, 6.07) is 29.3. The van der Waals surface area contributed by atoms with Crippen LogP contribution in [0, 0.1) is 6.92 Å². The minimum Gasteiger partial charge on any atom is -0.385 e. The van der Waals surface area contributed by atoms with Gasteiger partial charge in [0, 0.05) is 42.6 Å². The van der Waals surface area contributed by atoms with E-state index in [0.29, 0.717) is 0 Å². The second kappa shape index (κ2) is 10.1. The average molecular weight is 468 g/mol. The summed E-state index contributed by atoms with van der Waals surface area (Å²) in [7, 11) is 0. The Kier molecular flexibility index (Phi) is 6.58. The third kappa shape index (κ3) is 4.68. The zero-order chi connectivity index (χ0) is 23.3. The van der Waals surface area contributed by atoms with Crippen molar-refractivity contribution in [3.63, 3.8) is 0 Å². The van der Waals surface area contributed by atoms with E-state index in [-0.39, 0.29) is 12.1 Å². The van der Waals surface area contributed by atoms with Gasteiger partial charge in [0.15, 0.2) is 5.11 Å². The van der Waals surface area contributed by atoms with E-state index in [1.54, 1.807) is 0 Å². The van der Waals surface area contributed by atoms with E-state index in [4.69, 9.17) is 12.2 Å². The van der Waals surface area contributed by atoms with Gasteiger partial charge in [0.2, 0.25) is 0 Å². The number of benzene rings is 2. The molecule has 0 bridgehead atoms. The first kappa shape index (κ1) is 22.2. The number of para-hydroxylation sites is 1. The van der Waals surface area contributed by atoms with Gasteiger partial charge >= 0.3 is 0 Å². The molecular weight excluding hydrogens is 438 g/mol. The molecule has 0 radical (unpaired) electrons. The molecule has 2 atom stereocenters. The molecule has 0 spiro atoms. The maximum Gasteiger partial charge on any atom is 0.170 e. The Hall–Kier alpha value is -3.64. The van der Waals surface area contributed by atoms with Crippen molar-refractivity contribution in [2.75, 3.05) is 18.4 Å². The van der Waals surface area contributed by atoms with E-state index in [2.05, 4.69) is 105 Å². The Morgan fingerprint density at radius 3 is 2.62 bits per heavy atom. The van der Waals surface area contributed by atoms with Crippen LogP contribution in [0.25, 0.3) is 5.69 Å². The van der Waals surface area contributed by atoms with Crippen molar-refractivity contribution in [3.05, 3.63) is 114 Å². The summed E-state index contributed by atoms with van der Waals surface area (Å²) >= 11 is 5.85. The minimum atomic E-state index is -0.0192. The smallest absolute Gasteiger partial charge is 0.170 e. The third-order valence-electron chi connectivity index (χ3n) is 6.24. The first-order valence-electron chi connectivity index (χ1n) is 11.7. The normalized spacial score (nSPS) is 17.6. The highest BCUT2D eigenvalue weighted by atomic mass is 32.1. The quantitative estimate of drug-likeness (QED) is 0.259. The molecular formula is C28H29N5S. The van der Waals surface area contributed by atoms with Gasteiger partial charge in [-0.2, -0.15) is 0 Å². The molecule has 172 valence electrons. The number of nitrogens with one attached hydrogen (secondary N) is 2. The van der Waals surface area contributed by atoms with Crippen molar-refractivity contribution < 1.29 is 0 Å². The monoisotopic (exact) mass is 467 g/mol. The number of aromatic nitrogens is 2. The largest absolute Gasteiger partial charge is 0.385 e. The number of hydrogen-bond donors (Lipinski definition) is 2. The van der Waals surface area contributed by atoms with Crippen LogP contribution in [-0.4, -0.2) is 32.7 Å². The molecule has 1 aliphatic heterocycles. The summed E-state index contributed by atoms with van der Waals surface area (Å²) in [5, 5.41) is 7.86. The number of nitrogens with zero attached hydrogens (tertiary/aromatic N) is 3. The molecule has 3 heterocycles. The van der Waals surface area contributed by atoms with E-state index in [1.165, 1.54) is 11.3 Å². The summed E-state index contributed by atoms with van der Waals surface area (Å²) in [5.41, 5.74) is 5.73. The van der Waals surface area contributed by atoms with Gasteiger partial charge < -0.3 is 20.1 Å². The molecule has 5 nitrogen and oxygen atoms in total. The number of thiocarbonyl (C=S) groups is 1. The van der Waals surface area contributed by atoms with Crippen molar-refractivity contribution in [3.8, 4) is 5.69 Å². The van der Waals surface area contributed by atoms with Crippen molar-refractivity contribution >= 4 is 23.0 Å². The van der Waals surface area contributed by atoms with Crippen LogP contribution < -0.4 is 10.6 Å².